The van der Waals surface area contributed by atoms with Gasteiger partial charge in [0.15, 0.2) is 11.2 Å². The van der Waals surface area contributed by atoms with E-state index < -0.39 is 11.2 Å². The van der Waals surface area contributed by atoms with E-state index >= 15 is 0 Å². The number of carbonyl (C=O) groups excluding carboxylic acids is 2. The van der Waals surface area contributed by atoms with Gasteiger partial charge in [0.05, 0.1) is 12.9 Å². The number of aromatic amines is 1. The van der Waals surface area contributed by atoms with E-state index in [4.69, 9.17) is 4.74 Å². The Morgan fingerprint density at radius 2 is 1.71 bits per heavy atom. The van der Waals surface area contributed by atoms with E-state index in [1.165, 1.54) is 76.0 Å². The standard InChI is InChI=1S/C22H32N2O2.C21H23N5O3/c1-17-7-2-5-10-20(17)26-16-6-11-23-12-14-24(15-13-23)22(25)21-18-8-3-4-9-19(18)21;1-12-5-4-6-16-14(7-8-15(12)16)9-13(2)23-17(27)10-26-11-22-19-18(26)20(28)24-21(29)25(19)3/h2,5,7,10,18-19,21H,3-4,6,8-9,11-16H2,1H3;4-7,11,13H,8-10H2,1-3H3,(H,23,27)(H,24,28,29)/t18-,19+,21?;13-/m.1/s1. The lowest BCUT2D eigenvalue weighted by Crippen LogP contribution is -2.49. The topological polar surface area (TPSA) is 135 Å². The Balaban J connectivity index is 0.000000170. The zero-order valence-electron chi connectivity index (χ0n) is 32.7. The third-order valence-corrected chi connectivity index (χ3v) is 12.0. The summed E-state index contributed by atoms with van der Waals surface area (Å²) in [5.74, 6) is 3.08. The number of benzene rings is 2. The number of allylic oxidation sites excluding steroid dienone is 1. The number of nitrogens with zero attached hydrogens (tertiary/aromatic N) is 5. The molecule has 8 rings (SSSR count). The second kappa shape index (κ2) is 16.8. The third-order valence-electron chi connectivity index (χ3n) is 12.0. The average molecular weight is 750 g/mol. The predicted octanol–water partition coefficient (Wildman–Crippen LogP) is 4.61. The molecule has 0 bridgehead atoms. The van der Waals surface area contributed by atoms with Crippen LogP contribution in [0.15, 0.2) is 64.5 Å². The molecule has 1 unspecified atom stereocenters. The van der Waals surface area contributed by atoms with Crippen LogP contribution in [-0.2, 0) is 29.6 Å². The number of fused-ring (bicyclic) bond motifs is 3. The summed E-state index contributed by atoms with van der Waals surface area (Å²) >= 11 is 0. The van der Waals surface area contributed by atoms with Crippen LogP contribution in [0.5, 0.6) is 5.75 Å². The molecule has 2 aromatic heterocycles. The van der Waals surface area contributed by atoms with Gasteiger partial charge in [0.1, 0.15) is 12.3 Å². The van der Waals surface area contributed by atoms with Crippen LogP contribution in [0.3, 0.4) is 0 Å². The predicted molar refractivity (Wildman–Crippen MR) is 214 cm³/mol. The molecule has 12 heteroatoms. The minimum absolute atomic E-state index is 0.0448. The van der Waals surface area contributed by atoms with E-state index in [-0.39, 0.29) is 29.7 Å². The lowest BCUT2D eigenvalue weighted by molar-refractivity contribution is -0.135. The molecule has 0 radical (unpaired) electrons. The van der Waals surface area contributed by atoms with Gasteiger partial charge in [-0.25, -0.2) is 9.78 Å². The number of hydrogen-bond acceptors (Lipinski definition) is 7. The van der Waals surface area contributed by atoms with Crippen LogP contribution in [0.1, 0.15) is 67.7 Å². The lowest BCUT2D eigenvalue weighted by Gasteiger charge is -2.35. The number of aromatic nitrogens is 4. The Kier molecular flexibility index (Phi) is 11.7. The van der Waals surface area contributed by atoms with Gasteiger partial charge in [-0.2, -0.15) is 0 Å². The summed E-state index contributed by atoms with van der Waals surface area (Å²) < 4.78 is 8.60. The molecule has 4 aromatic rings. The van der Waals surface area contributed by atoms with Crippen LogP contribution >= 0.6 is 0 Å². The first-order valence-electron chi connectivity index (χ1n) is 20.0. The number of imidazole rings is 1. The van der Waals surface area contributed by atoms with Crippen LogP contribution in [0.25, 0.3) is 16.7 Å². The van der Waals surface area contributed by atoms with E-state index in [1.807, 2.05) is 25.1 Å². The maximum Gasteiger partial charge on any atom is 0.329 e. The first kappa shape index (κ1) is 38.3. The zero-order valence-corrected chi connectivity index (χ0v) is 32.7. The Hall–Kier alpha value is -4.97. The molecule has 55 heavy (non-hydrogen) atoms. The molecule has 2 aromatic carbocycles. The number of para-hydroxylation sites is 1. The number of aryl methyl sites for hydroxylation is 3. The van der Waals surface area contributed by atoms with E-state index in [9.17, 15) is 19.2 Å². The fourth-order valence-electron chi connectivity index (χ4n) is 8.91. The lowest BCUT2D eigenvalue weighted by atomic mass is 9.98. The van der Waals surface area contributed by atoms with E-state index in [0.29, 0.717) is 11.8 Å². The minimum Gasteiger partial charge on any atom is -0.493 e. The van der Waals surface area contributed by atoms with Crippen molar-refractivity contribution in [1.82, 2.24) is 34.2 Å². The van der Waals surface area contributed by atoms with E-state index in [0.717, 1.165) is 76.2 Å². The molecular weight excluding hydrogens is 695 g/mol. The number of H-pyrrole nitrogens is 1. The highest BCUT2D eigenvalue weighted by atomic mass is 16.5. The van der Waals surface area contributed by atoms with Gasteiger partial charge in [-0.05, 0) is 98.6 Å². The number of hydrogen-bond donors (Lipinski definition) is 2. The van der Waals surface area contributed by atoms with Crippen molar-refractivity contribution in [3.05, 3.63) is 98.0 Å². The van der Waals surface area contributed by atoms with Gasteiger partial charge < -0.3 is 19.5 Å². The maximum absolute atomic E-state index is 12.8. The van der Waals surface area contributed by atoms with Gasteiger partial charge in [-0.1, -0.05) is 55.3 Å². The van der Waals surface area contributed by atoms with Crippen molar-refractivity contribution >= 4 is 28.6 Å². The highest BCUT2D eigenvalue weighted by Crippen LogP contribution is 2.56. The molecular formula is C43H55N7O5. The van der Waals surface area contributed by atoms with E-state index in [2.05, 4.69) is 69.3 Å². The molecule has 4 atom stereocenters. The average Bonchev–Trinajstić information content (AvgIpc) is 3.52. The number of carbonyl (C=O) groups is 2. The molecule has 3 fully saturated rings. The van der Waals surface area contributed by atoms with Crippen molar-refractivity contribution in [2.75, 3.05) is 39.3 Å². The molecule has 4 aliphatic rings. The minimum atomic E-state index is -0.551. The van der Waals surface area contributed by atoms with Gasteiger partial charge >= 0.3 is 5.69 Å². The molecule has 3 heterocycles. The smallest absolute Gasteiger partial charge is 0.329 e. The van der Waals surface area contributed by atoms with Crippen LogP contribution in [0.4, 0.5) is 0 Å². The van der Waals surface area contributed by atoms with Crippen molar-refractivity contribution in [2.45, 2.75) is 78.3 Å². The molecule has 0 spiro atoms. The highest BCUT2D eigenvalue weighted by Gasteiger charge is 2.55. The summed E-state index contributed by atoms with van der Waals surface area (Å²) in [6, 6.07) is 14.4. The van der Waals surface area contributed by atoms with Gasteiger partial charge in [-0.3, -0.25) is 28.8 Å². The number of amides is 2. The molecule has 1 aliphatic heterocycles. The molecule has 1 saturated heterocycles. The van der Waals surface area contributed by atoms with Crippen molar-refractivity contribution in [3.8, 4) is 5.75 Å². The van der Waals surface area contributed by atoms with Gasteiger partial charge in [-0.15, -0.1) is 0 Å². The third kappa shape index (κ3) is 8.64. The van der Waals surface area contributed by atoms with Gasteiger partial charge in [0, 0.05) is 51.7 Å². The largest absolute Gasteiger partial charge is 0.493 e. The zero-order chi connectivity index (χ0) is 38.6. The van der Waals surface area contributed by atoms with Crippen LogP contribution in [0, 0.1) is 31.6 Å². The first-order valence-corrected chi connectivity index (χ1v) is 20.0. The Labute approximate surface area is 322 Å². The maximum atomic E-state index is 12.8. The highest BCUT2D eigenvalue weighted by molar-refractivity contribution is 5.82. The number of ether oxygens (including phenoxy) is 1. The molecule has 2 saturated carbocycles. The number of rotatable bonds is 11. The van der Waals surface area contributed by atoms with Crippen molar-refractivity contribution in [3.63, 3.8) is 0 Å². The summed E-state index contributed by atoms with van der Waals surface area (Å²) in [6.07, 6.45) is 11.6. The van der Waals surface area contributed by atoms with Crippen LogP contribution in [-0.4, -0.2) is 86.1 Å². The Bertz CT molecular complexity index is 2160. The monoisotopic (exact) mass is 749 g/mol. The molecule has 2 amide bonds. The Morgan fingerprint density at radius 3 is 2.45 bits per heavy atom. The quantitative estimate of drug-likeness (QED) is 0.214. The van der Waals surface area contributed by atoms with Crippen LogP contribution < -0.4 is 21.3 Å². The summed E-state index contributed by atoms with van der Waals surface area (Å²) in [5, 5.41) is 2.99. The number of piperazine rings is 1. The van der Waals surface area contributed by atoms with E-state index in [1.54, 1.807) is 0 Å². The summed E-state index contributed by atoms with van der Waals surface area (Å²) in [5.41, 5.74) is 5.72. The van der Waals surface area contributed by atoms with Gasteiger partial charge in [0.25, 0.3) is 5.56 Å². The molecule has 292 valence electrons. The second-order valence-electron chi connectivity index (χ2n) is 15.8. The summed E-state index contributed by atoms with van der Waals surface area (Å²) in [6.45, 7) is 11.8. The van der Waals surface area contributed by atoms with Crippen LogP contribution in [0.2, 0.25) is 0 Å². The molecule has 3 aliphatic carbocycles. The fraction of sp³-hybridized carbons (Fsp3) is 0.512. The molecule has 2 N–H and O–H groups in total. The van der Waals surface area contributed by atoms with Crippen molar-refractivity contribution < 1.29 is 14.3 Å². The van der Waals surface area contributed by atoms with Gasteiger partial charge in [0.2, 0.25) is 11.8 Å². The first-order chi connectivity index (χ1) is 26.6. The van der Waals surface area contributed by atoms with Crippen molar-refractivity contribution in [1.29, 1.82) is 0 Å². The number of nitrogens with one attached hydrogen (secondary N) is 2. The molecule has 12 nitrogen and oxygen atoms in total. The SMILES string of the molecule is Cc1cccc2c1CC=C2C[C@@H](C)NC(=O)Cn1cnc2c1c(=O)[nH]c(=O)n2C.Cc1ccccc1OCCCN1CCN(C(=O)C2[C@H]3CCCC[C@@H]23)CC1. The van der Waals surface area contributed by atoms with Crippen molar-refractivity contribution in [2.24, 2.45) is 24.8 Å². The Morgan fingerprint density at radius 1 is 0.982 bits per heavy atom. The summed E-state index contributed by atoms with van der Waals surface area (Å²) in [4.78, 5) is 60.1. The summed E-state index contributed by atoms with van der Waals surface area (Å²) in [7, 11) is 1.52. The fourth-order valence-corrected chi connectivity index (χ4v) is 8.91. The normalized spacial score (nSPS) is 20.8. The second-order valence-corrected chi connectivity index (χ2v) is 15.8.